The fraction of sp³-hybridized carbons (Fsp3) is 0.261. The lowest BCUT2D eigenvalue weighted by Gasteiger charge is -2.28. The highest BCUT2D eigenvalue weighted by molar-refractivity contribution is 8.04. The molecule has 1 atom stereocenters. The van der Waals surface area contributed by atoms with E-state index in [0.717, 1.165) is 16.8 Å². The van der Waals surface area contributed by atoms with Gasteiger partial charge in [0.15, 0.2) is 5.50 Å². The first kappa shape index (κ1) is 22.7. The number of primary amides is 1. The van der Waals surface area contributed by atoms with E-state index in [2.05, 4.69) is 11.2 Å². The molecule has 0 aliphatic carbocycles. The van der Waals surface area contributed by atoms with Crippen LogP contribution in [0, 0.1) is 5.82 Å². The van der Waals surface area contributed by atoms with Crippen LogP contribution in [0.15, 0.2) is 70.3 Å². The number of allylic oxidation sites excluding steroid dienone is 1. The van der Waals surface area contributed by atoms with E-state index in [0.29, 0.717) is 17.1 Å². The molecule has 172 valence electrons. The number of thioether (sulfide) groups is 1. The molecule has 4 rings (SSSR count). The summed E-state index contributed by atoms with van der Waals surface area (Å²) in [5.74, 6) is -0.868. The third-order valence-corrected chi connectivity index (χ3v) is 6.92. The highest BCUT2D eigenvalue weighted by atomic mass is 32.2. The number of aromatic nitrogens is 3. The minimum atomic E-state index is -0.529. The lowest BCUT2D eigenvalue weighted by atomic mass is 10.1. The topological polar surface area (TPSA) is 89.4 Å². The van der Waals surface area contributed by atoms with Crippen molar-refractivity contribution in [2.75, 3.05) is 19.0 Å². The van der Waals surface area contributed by atoms with Crippen LogP contribution in [0.4, 0.5) is 10.1 Å². The van der Waals surface area contributed by atoms with Crippen molar-refractivity contribution in [3.63, 3.8) is 0 Å². The van der Waals surface area contributed by atoms with Gasteiger partial charge >= 0.3 is 5.69 Å². The van der Waals surface area contributed by atoms with E-state index >= 15 is 0 Å². The molecule has 0 saturated heterocycles. The average molecular weight is 469 g/mol. The number of carbonyl (C=O) groups is 1. The third-order valence-electron chi connectivity index (χ3n) is 5.49. The maximum Gasteiger partial charge on any atom is 0.348 e. The largest absolute Gasteiger partial charge is 0.378 e. The van der Waals surface area contributed by atoms with Crippen LogP contribution in [0.2, 0.25) is 0 Å². The molecule has 2 heterocycles. The Balaban J connectivity index is 1.65. The lowest BCUT2D eigenvalue weighted by Crippen LogP contribution is -2.33. The predicted octanol–water partition coefficient (Wildman–Crippen LogP) is 2.72. The second-order valence-corrected chi connectivity index (χ2v) is 9.09. The molecule has 2 N–H and O–H groups in total. The molecule has 0 fully saturated rings. The summed E-state index contributed by atoms with van der Waals surface area (Å²) in [7, 11) is 3.94. The third kappa shape index (κ3) is 4.65. The first-order chi connectivity index (χ1) is 15.7. The zero-order valence-corrected chi connectivity index (χ0v) is 19.4. The number of nitrogens with zero attached hydrogens (tertiary/aromatic N) is 5. The van der Waals surface area contributed by atoms with Crippen LogP contribution in [0.1, 0.15) is 23.5 Å². The molecule has 1 aromatic heterocycles. The predicted molar refractivity (Wildman–Crippen MR) is 127 cm³/mol. The fourth-order valence-electron chi connectivity index (χ4n) is 3.69. The monoisotopic (exact) mass is 468 g/mol. The van der Waals surface area contributed by atoms with Crippen LogP contribution >= 0.6 is 11.8 Å². The number of hydrogen-bond donors (Lipinski definition) is 1. The number of nitrogens with two attached hydrogens (primary N) is 1. The van der Waals surface area contributed by atoms with Gasteiger partial charge in [0.1, 0.15) is 12.1 Å². The minimum absolute atomic E-state index is 0.212. The highest BCUT2D eigenvalue weighted by Gasteiger charge is 2.35. The number of hydrogen-bond acceptors (Lipinski definition) is 6. The molecule has 1 aliphatic rings. The Bertz CT molecular complexity index is 1260. The fourth-order valence-corrected chi connectivity index (χ4v) is 4.93. The van der Waals surface area contributed by atoms with Gasteiger partial charge in [0, 0.05) is 32.0 Å². The van der Waals surface area contributed by atoms with E-state index < -0.39 is 11.4 Å². The Morgan fingerprint density at radius 3 is 2.55 bits per heavy atom. The van der Waals surface area contributed by atoms with Gasteiger partial charge in [-0.25, -0.2) is 13.9 Å². The molecule has 1 unspecified atom stereocenters. The summed E-state index contributed by atoms with van der Waals surface area (Å²) in [5.41, 5.74) is 8.33. The van der Waals surface area contributed by atoms with Gasteiger partial charge in [0.25, 0.3) is 5.91 Å². The van der Waals surface area contributed by atoms with Gasteiger partial charge in [-0.05, 0) is 42.3 Å². The number of carbonyl (C=O) groups excluding carboxylic acids is 1. The Hall–Kier alpha value is -3.53. The van der Waals surface area contributed by atoms with E-state index in [1.54, 1.807) is 12.1 Å². The molecule has 1 aliphatic heterocycles. The van der Waals surface area contributed by atoms with Crippen LogP contribution in [0.25, 0.3) is 0 Å². The zero-order chi connectivity index (χ0) is 23.7. The Morgan fingerprint density at radius 2 is 1.88 bits per heavy atom. The van der Waals surface area contributed by atoms with Crippen molar-refractivity contribution < 1.29 is 9.18 Å². The molecule has 10 heteroatoms. The summed E-state index contributed by atoms with van der Waals surface area (Å²) in [6, 6.07) is 14.0. The number of anilines is 1. The molecular weight excluding hydrogens is 443 g/mol. The molecule has 0 bridgehead atoms. The molecule has 0 radical (unpaired) electrons. The SMILES string of the molecule is CC1=C(C(N)=O)SC(n2cnn(Cc3ccc(F)cc3)c2=O)N1Cc1cccc(N(C)C)c1. The minimum Gasteiger partial charge on any atom is -0.378 e. The van der Waals surface area contributed by atoms with E-state index in [9.17, 15) is 14.0 Å². The molecular formula is C23H25FN6O2S. The molecule has 33 heavy (non-hydrogen) atoms. The number of amides is 1. The number of benzene rings is 2. The lowest BCUT2D eigenvalue weighted by molar-refractivity contribution is -0.114. The molecule has 0 spiro atoms. The van der Waals surface area contributed by atoms with Crippen molar-refractivity contribution in [3.05, 3.63) is 92.9 Å². The van der Waals surface area contributed by atoms with Crippen LogP contribution in [-0.2, 0) is 17.9 Å². The van der Waals surface area contributed by atoms with E-state index in [1.165, 1.54) is 39.5 Å². The van der Waals surface area contributed by atoms with Crippen molar-refractivity contribution in [2.24, 2.45) is 5.73 Å². The number of halogens is 1. The quantitative estimate of drug-likeness (QED) is 0.574. The highest BCUT2D eigenvalue weighted by Crippen LogP contribution is 2.44. The van der Waals surface area contributed by atoms with Gasteiger partial charge < -0.3 is 15.5 Å². The van der Waals surface area contributed by atoms with Crippen LogP contribution in [0.5, 0.6) is 0 Å². The summed E-state index contributed by atoms with van der Waals surface area (Å²) >= 11 is 1.23. The summed E-state index contributed by atoms with van der Waals surface area (Å²) in [5, 5.41) is 4.24. The van der Waals surface area contributed by atoms with Gasteiger partial charge in [-0.2, -0.15) is 5.10 Å². The van der Waals surface area contributed by atoms with Crippen LogP contribution in [-0.4, -0.2) is 39.3 Å². The summed E-state index contributed by atoms with van der Waals surface area (Å²) in [4.78, 5) is 29.6. The average Bonchev–Trinajstić information content (AvgIpc) is 3.30. The summed E-state index contributed by atoms with van der Waals surface area (Å²) < 4.78 is 16.0. The normalized spacial score (nSPS) is 15.9. The first-order valence-electron chi connectivity index (χ1n) is 10.3. The Labute approximate surface area is 195 Å². The van der Waals surface area contributed by atoms with E-state index in [4.69, 9.17) is 5.73 Å². The van der Waals surface area contributed by atoms with Crippen LogP contribution < -0.4 is 16.3 Å². The molecule has 0 saturated carbocycles. The maximum absolute atomic E-state index is 13.2. The molecule has 1 amide bonds. The summed E-state index contributed by atoms with van der Waals surface area (Å²) in [6.07, 6.45) is 1.46. The zero-order valence-electron chi connectivity index (χ0n) is 18.6. The van der Waals surface area contributed by atoms with Crippen molar-refractivity contribution in [3.8, 4) is 0 Å². The molecule has 2 aromatic carbocycles. The van der Waals surface area contributed by atoms with Crippen LogP contribution in [0.3, 0.4) is 0 Å². The van der Waals surface area contributed by atoms with E-state index in [1.807, 2.05) is 49.0 Å². The van der Waals surface area contributed by atoms with Gasteiger partial charge in [-0.3, -0.25) is 9.36 Å². The molecule has 3 aromatic rings. The summed E-state index contributed by atoms with van der Waals surface area (Å²) in [6.45, 7) is 2.53. The molecule has 8 nitrogen and oxygen atoms in total. The number of rotatable bonds is 7. The maximum atomic E-state index is 13.2. The Morgan fingerprint density at radius 1 is 1.15 bits per heavy atom. The Kier molecular flexibility index (Phi) is 6.28. The van der Waals surface area contributed by atoms with Crippen molar-refractivity contribution >= 4 is 23.4 Å². The van der Waals surface area contributed by atoms with E-state index in [-0.39, 0.29) is 18.1 Å². The standard InChI is InChI=1S/C23H25FN6O2S/c1-15-20(21(25)31)33-23(28(15)12-17-5-4-6-19(11-17)27(2)3)29-14-26-30(22(29)32)13-16-7-9-18(24)10-8-16/h4-11,14,23H,12-13H2,1-3H3,(H2,25,31). The van der Waals surface area contributed by atoms with Gasteiger partial charge in [0.05, 0.1) is 11.4 Å². The van der Waals surface area contributed by atoms with Gasteiger partial charge in [-0.15, -0.1) is 0 Å². The second-order valence-electron chi connectivity index (χ2n) is 8.02. The van der Waals surface area contributed by atoms with Crippen molar-refractivity contribution in [2.45, 2.75) is 25.5 Å². The first-order valence-corrected chi connectivity index (χ1v) is 11.2. The van der Waals surface area contributed by atoms with Crippen molar-refractivity contribution in [1.29, 1.82) is 0 Å². The van der Waals surface area contributed by atoms with Gasteiger partial charge in [0.2, 0.25) is 0 Å². The van der Waals surface area contributed by atoms with Gasteiger partial charge in [-0.1, -0.05) is 36.0 Å². The van der Waals surface area contributed by atoms with Crippen molar-refractivity contribution in [1.82, 2.24) is 19.2 Å². The second kappa shape index (κ2) is 9.14. The smallest absolute Gasteiger partial charge is 0.348 e.